The molecule has 1 aliphatic heterocycles. The molecule has 0 radical (unpaired) electrons. The molecule has 1 amide bonds. The van der Waals surface area contributed by atoms with Gasteiger partial charge < -0.3 is 10.2 Å². The van der Waals surface area contributed by atoms with Crippen LogP contribution in [0.25, 0.3) is 0 Å². The number of carbonyl (C=O) groups is 1. The zero-order valence-corrected chi connectivity index (χ0v) is 12.4. The first-order valence-corrected chi connectivity index (χ1v) is 7.88. The Morgan fingerprint density at radius 2 is 2.10 bits per heavy atom. The Morgan fingerprint density at radius 3 is 2.75 bits per heavy atom. The van der Waals surface area contributed by atoms with Gasteiger partial charge in [-0.1, -0.05) is 29.8 Å². The van der Waals surface area contributed by atoms with Crippen molar-refractivity contribution in [1.29, 1.82) is 0 Å². The molecular formula is C16H21ClN2O. The third-order valence-electron chi connectivity index (χ3n) is 4.19. The van der Waals surface area contributed by atoms with Crippen molar-refractivity contribution in [2.24, 2.45) is 0 Å². The topological polar surface area (TPSA) is 32.3 Å². The van der Waals surface area contributed by atoms with Crippen molar-refractivity contribution in [3.63, 3.8) is 0 Å². The Labute approximate surface area is 125 Å². The van der Waals surface area contributed by atoms with Gasteiger partial charge in [-0.25, -0.2) is 0 Å². The van der Waals surface area contributed by atoms with Gasteiger partial charge in [0.1, 0.15) is 0 Å². The maximum absolute atomic E-state index is 12.6. The predicted molar refractivity (Wildman–Crippen MR) is 80.9 cm³/mol. The molecule has 2 aliphatic rings. The van der Waals surface area contributed by atoms with Crippen molar-refractivity contribution >= 4 is 17.5 Å². The van der Waals surface area contributed by atoms with Crippen molar-refractivity contribution < 1.29 is 4.79 Å². The summed E-state index contributed by atoms with van der Waals surface area (Å²) in [6.45, 7) is 1.94. The summed E-state index contributed by atoms with van der Waals surface area (Å²) in [5.74, 6) is 0.217. The van der Waals surface area contributed by atoms with E-state index in [9.17, 15) is 4.79 Å². The van der Waals surface area contributed by atoms with Crippen molar-refractivity contribution in [3.8, 4) is 0 Å². The number of carbonyl (C=O) groups excluding carboxylic acids is 1. The number of hydrogen-bond donors (Lipinski definition) is 1. The van der Waals surface area contributed by atoms with Crippen LogP contribution >= 0.6 is 11.6 Å². The lowest BCUT2D eigenvalue weighted by Gasteiger charge is -2.26. The van der Waals surface area contributed by atoms with Gasteiger partial charge in [0.15, 0.2) is 0 Å². The molecule has 2 fully saturated rings. The standard InChI is InChI=1S/C16H21ClN2O/c17-15-6-2-1-4-12(15)10-16(20)19(14-7-8-14)11-13-5-3-9-18-13/h1-2,4,6,13-14,18H,3,5,7-11H2. The van der Waals surface area contributed by atoms with E-state index in [1.54, 1.807) is 0 Å². The number of rotatable bonds is 5. The van der Waals surface area contributed by atoms with E-state index in [0.29, 0.717) is 23.5 Å². The molecule has 1 unspecified atom stereocenters. The van der Waals surface area contributed by atoms with Crippen LogP contribution in [0.4, 0.5) is 0 Å². The zero-order chi connectivity index (χ0) is 13.9. The van der Waals surface area contributed by atoms with Crippen LogP contribution in [0.2, 0.25) is 5.02 Å². The molecule has 20 heavy (non-hydrogen) atoms. The zero-order valence-electron chi connectivity index (χ0n) is 11.6. The first-order valence-electron chi connectivity index (χ1n) is 7.50. The van der Waals surface area contributed by atoms with Crippen molar-refractivity contribution in [2.45, 2.75) is 44.2 Å². The third-order valence-corrected chi connectivity index (χ3v) is 4.56. The quantitative estimate of drug-likeness (QED) is 0.905. The molecule has 1 heterocycles. The Hall–Kier alpha value is -1.06. The molecule has 3 nitrogen and oxygen atoms in total. The summed E-state index contributed by atoms with van der Waals surface area (Å²) in [5.41, 5.74) is 0.934. The lowest BCUT2D eigenvalue weighted by molar-refractivity contribution is -0.131. The fraction of sp³-hybridized carbons (Fsp3) is 0.562. The van der Waals surface area contributed by atoms with Crippen LogP contribution in [-0.4, -0.2) is 36.0 Å². The highest BCUT2D eigenvalue weighted by atomic mass is 35.5. The molecule has 1 atom stereocenters. The van der Waals surface area contributed by atoms with Gasteiger partial charge in [-0.3, -0.25) is 4.79 Å². The fourth-order valence-electron chi connectivity index (χ4n) is 2.90. The van der Waals surface area contributed by atoms with E-state index in [0.717, 1.165) is 31.5 Å². The summed E-state index contributed by atoms with van der Waals surface area (Å²) in [6.07, 6.45) is 5.13. The van der Waals surface area contributed by atoms with E-state index in [4.69, 9.17) is 11.6 Å². The Kier molecular flexibility index (Phi) is 4.27. The second-order valence-electron chi connectivity index (χ2n) is 5.84. The molecule has 1 aliphatic carbocycles. The minimum Gasteiger partial charge on any atom is -0.338 e. The molecule has 1 aromatic carbocycles. The molecule has 1 aromatic rings. The second kappa shape index (κ2) is 6.15. The van der Waals surface area contributed by atoms with Gasteiger partial charge in [0.2, 0.25) is 5.91 Å². The highest BCUT2D eigenvalue weighted by Crippen LogP contribution is 2.29. The molecule has 3 rings (SSSR count). The number of amides is 1. The fourth-order valence-corrected chi connectivity index (χ4v) is 3.10. The molecule has 1 saturated carbocycles. The Morgan fingerprint density at radius 1 is 1.30 bits per heavy atom. The van der Waals surface area contributed by atoms with Gasteiger partial charge in [-0.05, 0) is 43.9 Å². The van der Waals surface area contributed by atoms with Gasteiger partial charge in [-0.2, -0.15) is 0 Å². The van der Waals surface area contributed by atoms with Gasteiger partial charge in [-0.15, -0.1) is 0 Å². The van der Waals surface area contributed by atoms with Gasteiger partial charge in [0.05, 0.1) is 6.42 Å². The number of benzene rings is 1. The lowest BCUT2D eigenvalue weighted by atomic mass is 10.1. The van der Waals surface area contributed by atoms with Crippen LogP contribution in [0.1, 0.15) is 31.2 Å². The highest BCUT2D eigenvalue weighted by molar-refractivity contribution is 6.31. The largest absolute Gasteiger partial charge is 0.338 e. The van der Waals surface area contributed by atoms with Crippen LogP contribution in [-0.2, 0) is 11.2 Å². The maximum Gasteiger partial charge on any atom is 0.227 e. The summed E-state index contributed by atoms with van der Waals surface area (Å²) >= 11 is 6.16. The monoisotopic (exact) mass is 292 g/mol. The van der Waals surface area contributed by atoms with Crippen molar-refractivity contribution in [3.05, 3.63) is 34.9 Å². The van der Waals surface area contributed by atoms with Crippen molar-refractivity contribution in [1.82, 2.24) is 10.2 Å². The van der Waals surface area contributed by atoms with E-state index in [-0.39, 0.29) is 5.91 Å². The first kappa shape index (κ1) is 13.9. The molecule has 1 saturated heterocycles. The van der Waals surface area contributed by atoms with Crippen molar-refractivity contribution in [2.75, 3.05) is 13.1 Å². The minimum absolute atomic E-state index is 0.217. The van der Waals surface area contributed by atoms with Crippen LogP contribution < -0.4 is 5.32 Å². The predicted octanol–water partition coefficient (Wildman–Crippen LogP) is 2.63. The van der Waals surface area contributed by atoms with E-state index in [2.05, 4.69) is 10.2 Å². The average Bonchev–Trinajstić information content (AvgIpc) is 3.15. The van der Waals surface area contributed by atoms with Crippen LogP contribution in [0.3, 0.4) is 0 Å². The van der Waals surface area contributed by atoms with E-state index in [1.807, 2.05) is 24.3 Å². The summed E-state index contributed by atoms with van der Waals surface area (Å²) in [6, 6.07) is 8.58. The number of nitrogens with one attached hydrogen (secondary N) is 1. The van der Waals surface area contributed by atoms with Crippen LogP contribution in [0, 0.1) is 0 Å². The molecular weight excluding hydrogens is 272 g/mol. The molecule has 4 heteroatoms. The Balaban J connectivity index is 1.64. The number of halogens is 1. The average molecular weight is 293 g/mol. The maximum atomic E-state index is 12.6. The SMILES string of the molecule is O=C(Cc1ccccc1Cl)N(CC1CCCN1)C1CC1. The van der Waals surface area contributed by atoms with Crippen LogP contribution in [0.5, 0.6) is 0 Å². The minimum atomic E-state index is 0.217. The van der Waals surface area contributed by atoms with E-state index < -0.39 is 0 Å². The normalized spacial score (nSPS) is 21.9. The summed E-state index contributed by atoms with van der Waals surface area (Å²) in [7, 11) is 0. The summed E-state index contributed by atoms with van der Waals surface area (Å²) < 4.78 is 0. The number of nitrogens with zero attached hydrogens (tertiary/aromatic N) is 1. The summed E-state index contributed by atoms with van der Waals surface area (Å²) in [4.78, 5) is 14.6. The second-order valence-corrected chi connectivity index (χ2v) is 6.25. The van der Waals surface area contributed by atoms with Crippen LogP contribution in [0.15, 0.2) is 24.3 Å². The van der Waals surface area contributed by atoms with Gasteiger partial charge >= 0.3 is 0 Å². The van der Waals surface area contributed by atoms with Gasteiger partial charge in [0, 0.05) is 23.7 Å². The first-order chi connectivity index (χ1) is 9.74. The Bertz CT molecular complexity index is 481. The molecule has 0 bridgehead atoms. The van der Waals surface area contributed by atoms with E-state index >= 15 is 0 Å². The van der Waals surface area contributed by atoms with E-state index in [1.165, 1.54) is 12.8 Å². The summed E-state index contributed by atoms with van der Waals surface area (Å²) in [5, 5.41) is 4.17. The lowest BCUT2D eigenvalue weighted by Crippen LogP contribution is -2.43. The molecule has 1 N–H and O–H groups in total. The molecule has 0 aromatic heterocycles. The third kappa shape index (κ3) is 3.33. The number of hydrogen-bond acceptors (Lipinski definition) is 2. The molecule has 108 valence electrons. The highest BCUT2D eigenvalue weighted by Gasteiger charge is 2.34. The van der Waals surface area contributed by atoms with Gasteiger partial charge in [0.25, 0.3) is 0 Å². The smallest absolute Gasteiger partial charge is 0.227 e. The molecule has 0 spiro atoms.